The highest BCUT2D eigenvalue weighted by atomic mass is 79.9. The summed E-state index contributed by atoms with van der Waals surface area (Å²) in [4.78, 5) is 18.0. The predicted molar refractivity (Wildman–Crippen MR) is 70.6 cm³/mol. The van der Waals surface area contributed by atoms with E-state index in [4.69, 9.17) is 11.5 Å². The Morgan fingerprint density at radius 3 is 2.67 bits per heavy atom. The van der Waals surface area contributed by atoms with Crippen molar-refractivity contribution in [1.29, 1.82) is 0 Å². The minimum Gasteiger partial charge on any atom is -0.384 e. The maximum absolute atomic E-state index is 10.7. The Morgan fingerprint density at radius 1 is 1.33 bits per heavy atom. The molecule has 0 spiro atoms. The molecule has 18 heavy (non-hydrogen) atoms. The molecular formula is C10H8BrN5O2. The van der Waals surface area contributed by atoms with Crippen molar-refractivity contribution in [1.82, 2.24) is 9.97 Å². The van der Waals surface area contributed by atoms with E-state index in [1.54, 1.807) is 12.1 Å². The van der Waals surface area contributed by atoms with Gasteiger partial charge >= 0.3 is 5.69 Å². The van der Waals surface area contributed by atoms with E-state index in [9.17, 15) is 10.1 Å². The van der Waals surface area contributed by atoms with Crippen molar-refractivity contribution in [3.63, 3.8) is 0 Å². The summed E-state index contributed by atoms with van der Waals surface area (Å²) >= 11 is 3.23. The fraction of sp³-hybridized carbons (Fsp3) is 0. The van der Waals surface area contributed by atoms with E-state index in [2.05, 4.69) is 25.9 Å². The first-order chi connectivity index (χ1) is 8.49. The summed E-state index contributed by atoms with van der Waals surface area (Å²) in [6.07, 6.45) is 1.52. The lowest BCUT2D eigenvalue weighted by Gasteiger charge is -2.06. The fourth-order valence-corrected chi connectivity index (χ4v) is 1.97. The van der Waals surface area contributed by atoms with Crippen LogP contribution in [0.1, 0.15) is 0 Å². The fourth-order valence-electron chi connectivity index (χ4n) is 1.44. The minimum atomic E-state index is -0.586. The van der Waals surface area contributed by atoms with E-state index < -0.39 is 4.92 Å². The Hall–Kier alpha value is -2.22. The molecule has 0 aromatic carbocycles. The molecule has 2 aromatic heterocycles. The molecular weight excluding hydrogens is 302 g/mol. The van der Waals surface area contributed by atoms with E-state index in [0.717, 1.165) is 0 Å². The number of anilines is 2. The summed E-state index contributed by atoms with van der Waals surface area (Å²) in [5, 5.41) is 10.7. The van der Waals surface area contributed by atoms with Crippen LogP contribution in [-0.2, 0) is 0 Å². The molecule has 2 rings (SSSR count). The van der Waals surface area contributed by atoms with Gasteiger partial charge in [-0.1, -0.05) is 0 Å². The van der Waals surface area contributed by atoms with Crippen molar-refractivity contribution >= 4 is 33.3 Å². The lowest BCUT2D eigenvalue weighted by molar-refractivity contribution is -0.384. The van der Waals surface area contributed by atoms with Gasteiger partial charge in [-0.05, 0) is 28.1 Å². The SMILES string of the molecule is Nc1cc(-c2nc(N)c([N+](=O)[O-])cc2Br)ccn1. The van der Waals surface area contributed by atoms with Crippen LogP contribution in [0.5, 0.6) is 0 Å². The average molecular weight is 310 g/mol. The Labute approximate surface area is 110 Å². The molecule has 4 N–H and O–H groups in total. The van der Waals surface area contributed by atoms with Crippen molar-refractivity contribution < 1.29 is 4.92 Å². The van der Waals surface area contributed by atoms with E-state index in [1.807, 2.05) is 0 Å². The Kier molecular flexibility index (Phi) is 3.11. The molecule has 0 saturated heterocycles. The molecule has 2 heterocycles. The minimum absolute atomic E-state index is 0.145. The molecule has 7 nitrogen and oxygen atoms in total. The molecule has 0 aliphatic heterocycles. The van der Waals surface area contributed by atoms with Gasteiger partial charge in [0.1, 0.15) is 5.82 Å². The molecule has 2 aromatic rings. The molecule has 0 amide bonds. The number of rotatable bonds is 2. The zero-order chi connectivity index (χ0) is 13.3. The largest absolute Gasteiger partial charge is 0.384 e. The molecule has 92 valence electrons. The summed E-state index contributed by atoms with van der Waals surface area (Å²) in [5.74, 6) is 0.187. The van der Waals surface area contributed by atoms with Crippen LogP contribution in [0.2, 0.25) is 0 Å². The van der Waals surface area contributed by atoms with E-state index in [0.29, 0.717) is 21.5 Å². The highest BCUT2D eigenvalue weighted by molar-refractivity contribution is 9.10. The van der Waals surface area contributed by atoms with Crippen LogP contribution in [0.4, 0.5) is 17.3 Å². The Balaban J connectivity index is 2.60. The van der Waals surface area contributed by atoms with Gasteiger partial charge in [0.05, 0.1) is 15.1 Å². The van der Waals surface area contributed by atoms with Gasteiger partial charge in [-0.25, -0.2) is 9.97 Å². The summed E-state index contributed by atoms with van der Waals surface area (Å²) in [6.45, 7) is 0. The number of nitrogen functional groups attached to an aromatic ring is 2. The number of nitro groups is 1. The van der Waals surface area contributed by atoms with Gasteiger partial charge in [0.15, 0.2) is 0 Å². The molecule has 0 radical (unpaired) electrons. The zero-order valence-electron chi connectivity index (χ0n) is 9.00. The summed E-state index contributed by atoms with van der Waals surface area (Å²) in [5.41, 5.74) is 12.0. The Morgan fingerprint density at radius 2 is 2.06 bits per heavy atom. The molecule has 0 aliphatic rings. The van der Waals surface area contributed by atoms with Gasteiger partial charge in [0, 0.05) is 17.8 Å². The van der Waals surface area contributed by atoms with Crippen LogP contribution in [0.15, 0.2) is 28.9 Å². The zero-order valence-corrected chi connectivity index (χ0v) is 10.6. The highest BCUT2D eigenvalue weighted by Gasteiger charge is 2.17. The summed E-state index contributed by atoms with van der Waals surface area (Å²) in [6, 6.07) is 4.61. The van der Waals surface area contributed by atoms with Crippen LogP contribution >= 0.6 is 15.9 Å². The van der Waals surface area contributed by atoms with Crippen molar-refractivity contribution in [3.8, 4) is 11.3 Å². The summed E-state index contributed by atoms with van der Waals surface area (Å²) < 4.78 is 0.467. The molecule has 0 unspecified atom stereocenters. The second-order valence-corrected chi connectivity index (χ2v) is 4.30. The monoisotopic (exact) mass is 309 g/mol. The number of hydrogen-bond donors (Lipinski definition) is 2. The Bertz CT molecular complexity index is 632. The first-order valence-electron chi connectivity index (χ1n) is 4.81. The normalized spacial score (nSPS) is 10.3. The van der Waals surface area contributed by atoms with Crippen molar-refractivity contribution in [2.75, 3.05) is 11.5 Å². The van der Waals surface area contributed by atoms with E-state index in [1.165, 1.54) is 12.3 Å². The third-order valence-electron chi connectivity index (χ3n) is 2.24. The third-order valence-corrected chi connectivity index (χ3v) is 2.84. The molecule has 0 atom stereocenters. The lowest BCUT2D eigenvalue weighted by atomic mass is 10.1. The van der Waals surface area contributed by atoms with Gasteiger partial charge in [-0.2, -0.15) is 0 Å². The molecule has 0 aliphatic carbocycles. The maximum Gasteiger partial charge on any atom is 0.312 e. The van der Waals surface area contributed by atoms with Crippen molar-refractivity contribution in [2.24, 2.45) is 0 Å². The van der Waals surface area contributed by atoms with Crippen molar-refractivity contribution in [3.05, 3.63) is 39.0 Å². The van der Waals surface area contributed by atoms with Gasteiger partial charge in [0.25, 0.3) is 0 Å². The number of aromatic nitrogens is 2. The van der Waals surface area contributed by atoms with E-state index in [-0.39, 0.29) is 11.5 Å². The van der Waals surface area contributed by atoms with Crippen LogP contribution < -0.4 is 11.5 Å². The maximum atomic E-state index is 10.7. The van der Waals surface area contributed by atoms with Crippen LogP contribution in [0.3, 0.4) is 0 Å². The van der Waals surface area contributed by atoms with E-state index >= 15 is 0 Å². The van der Waals surface area contributed by atoms with Crippen molar-refractivity contribution in [2.45, 2.75) is 0 Å². The van der Waals surface area contributed by atoms with Gasteiger partial charge < -0.3 is 11.5 Å². The molecule has 0 bridgehead atoms. The predicted octanol–water partition coefficient (Wildman–Crippen LogP) is 1.98. The quantitative estimate of drug-likeness (QED) is 0.646. The number of halogens is 1. The third kappa shape index (κ3) is 2.23. The second kappa shape index (κ2) is 4.57. The second-order valence-electron chi connectivity index (χ2n) is 3.45. The smallest absolute Gasteiger partial charge is 0.312 e. The number of nitrogens with zero attached hydrogens (tertiary/aromatic N) is 3. The number of hydrogen-bond acceptors (Lipinski definition) is 6. The van der Waals surface area contributed by atoms with Crippen LogP contribution in [0, 0.1) is 10.1 Å². The van der Waals surface area contributed by atoms with Gasteiger partial charge in [0.2, 0.25) is 5.82 Å². The van der Waals surface area contributed by atoms with Crippen LogP contribution in [-0.4, -0.2) is 14.9 Å². The van der Waals surface area contributed by atoms with Gasteiger partial charge in [-0.3, -0.25) is 10.1 Å². The first-order valence-corrected chi connectivity index (χ1v) is 5.60. The molecule has 0 saturated carbocycles. The number of nitrogens with two attached hydrogens (primary N) is 2. The van der Waals surface area contributed by atoms with Gasteiger partial charge in [-0.15, -0.1) is 0 Å². The number of pyridine rings is 2. The molecule has 0 fully saturated rings. The average Bonchev–Trinajstić information content (AvgIpc) is 2.31. The summed E-state index contributed by atoms with van der Waals surface area (Å²) in [7, 11) is 0. The standard InChI is InChI=1S/C10H8BrN5O2/c11-6-4-7(16(17)18)10(13)15-9(6)5-1-2-14-8(12)3-5/h1-4H,(H2,12,14)(H2,13,15). The topological polar surface area (TPSA) is 121 Å². The molecule has 8 heteroatoms. The highest BCUT2D eigenvalue weighted by Crippen LogP contribution is 2.32. The van der Waals surface area contributed by atoms with Crippen LogP contribution in [0.25, 0.3) is 11.3 Å². The lowest BCUT2D eigenvalue weighted by Crippen LogP contribution is -2.01. The first kappa shape index (κ1) is 12.2.